The first-order valence-corrected chi connectivity index (χ1v) is 8.43. The third kappa shape index (κ3) is 4.03. The summed E-state index contributed by atoms with van der Waals surface area (Å²) in [5.74, 6) is 2.42. The predicted octanol–water partition coefficient (Wildman–Crippen LogP) is 3.03. The van der Waals surface area contributed by atoms with Crippen molar-refractivity contribution < 1.29 is 0 Å². The number of nitrogens with one attached hydrogen (secondary N) is 1. The molecule has 6 heteroatoms. The standard InChI is InChI=1S/C14H20ClN3OS/c1-2-7-20-8-6-16-13-12(15)9-17-18(14(13)19)10-11-4-3-5-11/h2,9,11,16H,1,3-8,10H2. The van der Waals surface area contributed by atoms with E-state index in [1.807, 2.05) is 6.08 Å². The molecule has 0 unspecified atom stereocenters. The molecule has 0 aliphatic heterocycles. The Morgan fingerprint density at radius 1 is 1.60 bits per heavy atom. The Bertz CT molecular complexity index is 514. The fourth-order valence-corrected chi connectivity index (χ4v) is 2.86. The molecule has 0 bridgehead atoms. The molecular weight excluding hydrogens is 294 g/mol. The van der Waals surface area contributed by atoms with E-state index in [1.165, 1.54) is 23.9 Å². The van der Waals surface area contributed by atoms with Crippen LogP contribution in [0.25, 0.3) is 0 Å². The zero-order valence-electron chi connectivity index (χ0n) is 11.5. The van der Waals surface area contributed by atoms with E-state index in [1.54, 1.807) is 18.0 Å². The molecule has 0 aromatic carbocycles. The zero-order chi connectivity index (χ0) is 14.4. The van der Waals surface area contributed by atoms with E-state index in [2.05, 4.69) is 17.0 Å². The summed E-state index contributed by atoms with van der Waals surface area (Å²) in [6.07, 6.45) is 7.07. The minimum atomic E-state index is -0.113. The van der Waals surface area contributed by atoms with Gasteiger partial charge in [0, 0.05) is 24.6 Å². The topological polar surface area (TPSA) is 46.9 Å². The molecule has 0 spiro atoms. The molecule has 1 heterocycles. The van der Waals surface area contributed by atoms with E-state index in [9.17, 15) is 4.79 Å². The Hall–Kier alpha value is -0.940. The van der Waals surface area contributed by atoms with Crippen LogP contribution in [0, 0.1) is 5.92 Å². The van der Waals surface area contributed by atoms with Gasteiger partial charge in [-0.15, -0.1) is 6.58 Å². The Kier molecular flexibility index (Phi) is 5.98. The van der Waals surface area contributed by atoms with Gasteiger partial charge in [-0.3, -0.25) is 4.79 Å². The maximum absolute atomic E-state index is 12.3. The summed E-state index contributed by atoms with van der Waals surface area (Å²) in [7, 11) is 0. The lowest BCUT2D eigenvalue weighted by molar-refractivity contribution is 0.262. The van der Waals surface area contributed by atoms with Gasteiger partial charge >= 0.3 is 0 Å². The number of halogens is 1. The first-order chi connectivity index (χ1) is 9.72. The average Bonchev–Trinajstić information content (AvgIpc) is 2.39. The fourth-order valence-electron chi connectivity index (χ4n) is 2.09. The lowest BCUT2D eigenvalue weighted by Gasteiger charge is -2.25. The highest BCUT2D eigenvalue weighted by atomic mass is 35.5. The van der Waals surface area contributed by atoms with Crippen LogP contribution in [0.4, 0.5) is 5.69 Å². The molecule has 20 heavy (non-hydrogen) atoms. The van der Waals surface area contributed by atoms with Crippen molar-refractivity contribution in [1.82, 2.24) is 9.78 Å². The molecule has 2 rings (SSSR count). The summed E-state index contributed by atoms with van der Waals surface area (Å²) in [6.45, 7) is 5.09. The second-order valence-corrected chi connectivity index (χ2v) is 6.50. The van der Waals surface area contributed by atoms with Gasteiger partial charge in [0.1, 0.15) is 5.69 Å². The van der Waals surface area contributed by atoms with Crippen molar-refractivity contribution >= 4 is 29.1 Å². The number of aromatic nitrogens is 2. The van der Waals surface area contributed by atoms with Gasteiger partial charge in [0.2, 0.25) is 0 Å². The van der Waals surface area contributed by atoms with Gasteiger partial charge < -0.3 is 5.32 Å². The van der Waals surface area contributed by atoms with Gasteiger partial charge in [-0.2, -0.15) is 16.9 Å². The van der Waals surface area contributed by atoms with Gasteiger partial charge in [0.15, 0.2) is 0 Å². The minimum absolute atomic E-state index is 0.113. The molecule has 4 nitrogen and oxygen atoms in total. The second kappa shape index (κ2) is 7.74. The number of hydrogen-bond donors (Lipinski definition) is 1. The molecule has 1 aliphatic carbocycles. The summed E-state index contributed by atoms with van der Waals surface area (Å²) in [5, 5.41) is 7.66. The maximum Gasteiger partial charge on any atom is 0.291 e. The van der Waals surface area contributed by atoms with Crippen LogP contribution in [0.15, 0.2) is 23.6 Å². The summed E-state index contributed by atoms with van der Waals surface area (Å²) < 4.78 is 1.54. The molecule has 0 saturated heterocycles. The van der Waals surface area contributed by atoms with E-state index in [-0.39, 0.29) is 5.56 Å². The average molecular weight is 314 g/mol. The first kappa shape index (κ1) is 15.4. The monoisotopic (exact) mass is 313 g/mol. The minimum Gasteiger partial charge on any atom is -0.378 e. The molecule has 1 N–H and O–H groups in total. The van der Waals surface area contributed by atoms with Crippen LogP contribution in [0.2, 0.25) is 5.02 Å². The van der Waals surface area contributed by atoms with E-state index in [4.69, 9.17) is 11.6 Å². The zero-order valence-corrected chi connectivity index (χ0v) is 13.1. The maximum atomic E-state index is 12.3. The van der Waals surface area contributed by atoms with E-state index >= 15 is 0 Å². The third-order valence-electron chi connectivity index (χ3n) is 3.44. The van der Waals surface area contributed by atoms with Crippen molar-refractivity contribution in [3.8, 4) is 0 Å². The molecule has 1 saturated carbocycles. The van der Waals surface area contributed by atoms with Crippen molar-refractivity contribution in [2.45, 2.75) is 25.8 Å². The van der Waals surface area contributed by atoms with Crippen molar-refractivity contribution in [2.24, 2.45) is 5.92 Å². The van der Waals surface area contributed by atoms with Crippen molar-refractivity contribution in [1.29, 1.82) is 0 Å². The highest BCUT2D eigenvalue weighted by Crippen LogP contribution is 2.27. The number of anilines is 1. The quantitative estimate of drug-likeness (QED) is 0.592. The molecule has 1 fully saturated rings. The molecule has 0 atom stereocenters. The Balaban J connectivity index is 1.97. The lowest BCUT2D eigenvalue weighted by atomic mass is 9.85. The van der Waals surface area contributed by atoms with Crippen LogP contribution >= 0.6 is 23.4 Å². The fraction of sp³-hybridized carbons (Fsp3) is 0.571. The SMILES string of the molecule is C=CCSCCNc1c(Cl)cnn(CC2CCC2)c1=O. The van der Waals surface area contributed by atoms with Gasteiger partial charge in [0.05, 0.1) is 11.2 Å². The molecular formula is C14H20ClN3OS. The van der Waals surface area contributed by atoms with Crippen molar-refractivity contribution in [2.75, 3.05) is 23.4 Å². The summed E-state index contributed by atoms with van der Waals surface area (Å²) in [6, 6.07) is 0. The summed E-state index contributed by atoms with van der Waals surface area (Å²) in [4.78, 5) is 12.3. The normalized spacial score (nSPS) is 14.8. The number of nitrogens with zero attached hydrogens (tertiary/aromatic N) is 2. The largest absolute Gasteiger partial charge is 0.378 e. The summed E-state index contributed by atoms with van der Waals surface area (Å²) >= 11 is 7.83. The van der Waals surface area contributed by atoms with Crippen LogP contribution < -0.4 is 10.9 Å². The van der Waals surface area contributed by atoms with Gasteiger partial charge in [-0.1, -0.05) is 24.1 Å². The lowest BCUT2D eigenvalue weighted by Crippen LogP contribution is -2.31. The predicted molar refractivity (Wildman–Crippen MR) is 86.9 cm³/mol. The van der Waals surface area contributed by atoms with Crippen LogP contribution in [-0.2, 0) is 6.54 Å². The molecule has 1 aromatic rings. The van der Waals surface area contributed by atoms with Gasteiger partial charge in [-0.25, -0.2) is 4.68 Å². The third-order valence-corrected chi connectivity index (χ3v) is 4.69. The van der Waals surface area contributed by atoms with E-state index in [0.717, 1.165) is 11.5 Å². The highest BCUT2D eigenvalue weighted by Gasteiger charge is 2.20. The molecule has 110 valence electrons. The van der Waals surface area contributed by atoms with Crippen LogP contribution in [-0.4, -0.2) is 27.8 Å². The van der Waals surface area contributed by atoms with Crippen LogP contribution in [0.1, 0.15) is 19.3 Å². The van der Waals surface area contributed by atoms with Crippen LogP contribution in [0.5, 0.6) is 0 Å². The smallest absolute Gasteiger partial charge is 0.291 e. The van der Waals surface area contributed by atoms with Gasteiger partial charge in [0.25, 0.3) is 5.56 Å². The van der Waals surface area contributed by atoms with Gasteiger partial charge in [-0.05, 0) is 18.8 Å². The number of rotatable bonds is 8. The Labute approximate surface area is 128 Å². The van der Waals surface area contributed by atoms with E-state index < -0.39 is 0 Å². The highest BCUT2D eigenvalue weighted by molar-refractivity contribution is 7.99. The first-order valence-electron chi connectivity index (χ1n) is 6.90. The number of thioether (sulfide) groups is 1. The number of hydrogen-bond acceptors (Lipinski definition) is 4. The Morgan fingerprint density at radius 2 is 2.40 bits per heavy atom. The Morgan fingerprint density at radius 3 is 3.05 bits per heavy atom. The molecule has 0 radical (unpaired) electrons. The summed E-state index contributed by atoms with van der Waals surface area (Å²) in [5.41, 5.74) is 0.360. The molecule has 0 amide bonds. The molecule has 1 aliphatic rings. The molecule has 1 aromatic heterocycles. The van der Waals surface area contributed by atoms with E-state index in [0.29, 0.717) is 29.7 Å². The second-order valence-electron chi connectivity index (χ2n) is 4.94. The van der Waals surface area contributed by atoms with Crippen LogP contribution in [0.3, 0.4) is 0 Å². The van der Waals surface area contributed by atoms with Crippen molar-refractivity contribution in [3.05, 3.63) is 34.2 Å². The van der Waals surface area contributed by atoms with Crippen molar-refractivity contribution in [3.63, 3.8) is 0 Å².